The molecule has 0 aliphatic carbocycles. The summed E-state index contributed by atoms with van der Waals surface area (Å²) in [5.41, 5.74) is 0. The van der Waals surface area contributed by atoms with Crippen LogP contribution >= 0.6 is 0 Å². The molecule has 0 aromatic heterocycles. The van der Waals surface area contributed by atoms with Crippen LogP contribution in [0.3, 0.4) is 0 Å². The number of hydrogen-bond acceptors (Lipinski definition) is 3. The van der Waals surface area contributed by atoms with Gasteiger partial charge in [-0.1, -0.05) is 7.43 Å². The first-order chi connectivity index (χ1) is 1.73. The van der Waals surface area contributed by atoms with Crippen molar-refractivity contribution >= 4 is 43.9 Å². The van der Waals surface area contributed by atoms with Crippen molar-refractivity contribution in [2.45, 2.75) is 7.43 Å². The van der Waals surface area contributed by atoms with Gasteiger partial charge in [0.05, 0.1) is 0 Å². The smallest absolute Gasteiger partial charge is 0.652 e. The fraction of sp³-hybridized carbons (Fsp3) is 0.500. The van der Waals surface area contributed by atoms with Gasteiger partial charge in [-0.2, -0.15) is 0 Å². The van der Waals surface area contributed by atoms with Crippen molar-refractivity contribution in [1.29, 1.82) is 0 Å². The molecule has 0 rings (SSSR count). The van der Waals surface area contributed by atoms with Crippen molar-refractivity contribution in [2.75, 3.05) is 0 Å². The second-order valence-electron chi connectivity index (χ2n) is 0.250. The van der Waals surface area contributed by atoms with Crippen LogP contribution in [0.1, 0.15) is 7.43 Å². The van der Waals surface area contributed by atoms with E-state index >= 15 is 0 Å². The Morgan fingerprint density at radius 2 is 1.29 bits per heavy atom. The van der Waals surface area contributed by atoms with Crippen molar-refractivity contribution in [3.05, 3.63) is 0 Å². The van der Waals surface area contributed by atoms with Gasteiger partial charge in [0.1, 0.15) is 0 Å². The summed E-state index contributed by atoms with van der Waals surface area (Å²) in [5, 5.41) is 16.7. The molecule has 0 aliphatic rings. The predicted octanol–water partition coefficient (Wildman–Crippen LogP) is -2.19. The monoisotopic (exact) mass is 222 g/mol. The molecule has 3 nitrogen and oxygen atoms in total. The quantitative estimate of drug-likeness (QED) is 0.437. The van der Waals surface area contributed by atoms with E-state index in [1.54, 1.807) is 0 Å². The molecule has 0 heterocycles. The standard InChI is InChI=1S/CH2O3.CH4.Ca.Pd/c2-1(3)4;;;/h(H2,2,3,4);1H4;;/q;;+2;/p-2. The van der Waals surface area contributed by atoms with Gasteiger partial charge in [-0.25, -0.2) is 0 Å². The van der Waals surface area contributed by atoms with E-state index in [1.807, 2.05) is 0 Å². The first kappa shape index (κ1) is 24.1. The van der Waals surface area contributed by atoms with Crippen LogP contribution in [0.2, 0.25) is 0 Å². The Kier molecular flexibility index (Phi) is 54.1. The van der Waals surface area contributed by atoms with Crippen LogP contribution in [0.25, 0.3) is 0 Å². The molecule has 0 saturated heterocycles. The van der Waals surface area contributed by atoms with Crippen molar-refractivity contribution in [3.8, 4) is 0 Å². The molecule has 0 saturated carbocycles. The second kappa shape index (κ2) is 15.7. The molecule has 0 amide bonds. The zero-order valence-electron chi connectivity index (χ0n) is 2.75. The Labute approximate surface area is 85.8 Å². The summed E-state index contributed by atoms with van der Waals surface area (Å²) in [4.78, 5) is 8.33. The zero-order valence-corrected chi connectivity index (χ0v) is 6.51. The molecule has 0 bridgehead atoms. The molecule has 5 heteroatoms. The van der Waals surface area contributed by atoms with E-state index in [1.165, 1.54) is 0 Å². The summed E-state index contributed by atoms with van der Waals surface area (Å²) < 4.78 is 0. The Balaban J connectivity index is -0.0000000150. The molecular formula is C2H4CaO3Pd. The molecule has 0 aromatic rings. The molecule has 42 valence electrons. The molecule has 0 aromatic carbocycles. The van der Waals surface area contributed by atoms with E-state index in [4.69, 9.17) is 15.0 Å². The van der Waals surface area contributed by atoms with Gasteiger partial charge < -0.3 is 15.0 Å². The third-order valence-electron chi connectivity index (χ3n) is 0. The maximum atomic E-state index is 8.33. The summed E-state index contributed by atoms with van der Waals surface area (Å²) >= 11 is 0. The number of hydrogen-bond donors (Lipinski definition) is 0. The number of carbonyl (C=O) groups excluding carboxylic acids is 1. The molecule has 7 heavy (non-hydrogen) atoms. The first-order valence-corrected chi connectivity index (χ1v) is 0.612. The Morgan fingerprint density at radius 1 is 1.29 bits per heavy atom. The summed E-state index contributed by atoms with van der Waals surface area (Å²) in [7, 11) is 0. The van der Waals surface area contributed by atoms with Crippen molar-refractivity contribution in [1.82, 2.24) is 0 Å². The molecule has 0 N–H and O–H groups in total. The van der Waals surface area contributed by atoms with Crippen LogP contribution < -0.4 is 10.2 Å². The summed E-state index contributed by atoms with van der Waals surface area (Å²) in [6, 6.07) is 0. The van der Waals surface area contributed by atoms with E-state index in [0.717, 1.165) is 0 Å². The molecule has 0 atom stereocenters. The van der Waals surface area contributed by atoms with Crippen molar-refractivity contribution < 1.29 is 35.4 Å². The zero-order chi connectivity index (χ0) is 3.58. The SMILES string of the molecule is C.O=C([O-])[O-].[Ca+2].[Pd]. The summed E-state index contributed by atoms with van der Waals surface area (Å²) in [5.74, 6) is 0. The largest absolute Gasteiger partial charge is 2.00 e. The van der Waals surface area contributed by atoms with Gasteiger partial charge in [0, 0.05) is 20.4 Å². The Hall–Kier alpha value is 1.19. The predicted molar refractivity (Wildman–Crippen MR) is 17.9 cm³/mol. The van der Waals surface area contributed by atoms with Crippen LogP contribution in [-0.4, -0.2) is 43.9 Å². The fourth-order valence-corrected chi connectivity index (χ4v) is 0. The third kappa shape index (κ3) is 136. The van der Waals surface area contributed by atoms with Crippen LogP contribution in [0.15, 0.2) is 0 Å². The van der Waals surface area contributed by atoms with Crippen LogP contribution in [0.5, 0.6) is 0 Å². The molecule has 0 radical (unpaired) electrons. The van der Waals surface area contributed by atoms with Gasteiger partial charge in [-0.15, -0.1) is 0 Å². The minimum Gasteiger partial charge on any atom is -0.652 e. The number of carboxylic acid groups (broad SMARTS) is 2. The van der Waals surface area contributed by atoms with E-state index in [-0.39, 0.29) is 65.6 Å². The molecule has 0 spiro atoms. The minimum atomic E-state index is -2.33. The van der Waals surface area contributed by atoms with Crippen LogP contribution in [-0.2, 0) is 20.4 Å². The maximum absolute atomic E-state index is 8.33. The average Bonchev–Trinajstić information content (AvgIpc) is 0.811. The second-order valence-corrected chi connectivity index (χ2v) is 0.250. The van der Waals surface area contributed by atoms with Gasteiger partial charge in [0.15, 0.2) is 0 Å². The summed E-state index contributed by atoms with van der Waals surface area (Å²) in [6.07, 6.45) is -2.33. The Morgan fingerprint density at radius 3 is 1.29 bits per heavy atom. The van der Waals surface area contributed by atoms with E-state index in [9.17, 15) is 0 Å². The average molecular weight is 223 g/mol. The van der Waals surface area contributed by atoms with Crippen LogP contribution in [0, 0.1) is 0 Å². The molecule has 0 unspecified atom stereocenters. The molecule has 0 fully saturated rings. The van der Waals surface area contributed by atoms with E-state index in [2.05, 4.69) is 0 Å². The van der Waals surface area contributed by atoms with Gasteiger partial charge in [-0.3, -0.25) is 0 Å². The van der Waals surface area contributed by atoms with Gasteiger partial charge >= 0.3 is 37.7 Å². The summed E-state index contributed by atoms with van der Waals surface area (Å²) in [6.45, 7) is 0. The van der Waals surface area contributed by atoms with Crippen LogP contribution in [0.4, 0.5) is 4.79 Å². The first-order valence-electron chi connectivity index (χ1n) is 0.612. The third-order valence-corrected chi connectivity index (χ3v) is 0. The fourth-order valence-electron chi connectivity index (χ4n) is 0. The number of rotatable bonds is 0. The van der Waals surface area contributed by atoms with Gasteiger partial charge in [0.2, 0.25) is 0 Å². The minimum absolute atomic E-state index is 0. The van der Waals surface area contributed by atoms with Gasteiger partial charge in [-0.05, 0) is 6.16 Å². The normalized spacial score (nSPS) is 3.43. The molecule has 0 aliphatic heterocycles. The van der Waals surface area contributed by atoms with Crippen molar-refractivity contribution in [3.63, 3.8) is 0 Å². The topological polar surface area (TPSA) is 63.2 Å². The molecular weight excluding hydrogens is 219 g/mol. The maximum Gasteiger partial charge on any atom is 2.00 e. The number of carbonyl (C=O) groups is 1. The Bertz CT molecular complexity index is 35.9. The van der Waals surface area contributed by atoms with E-state index < -0.39 is 6.16 Å². The van der Waals surface area contributed by atoms with Gasteiger partial charge in [0.25, 0.3) is 0 Å². The van der Waals surface area contributed by atoms with Crippen molar-refractivity contribution in [2.24, 2.45) is 0 Å². The van der Waals surface area contributed by atoms with E-state index in [0.29, 0.717) is 0 Å².